The van der Waals surface area contributed by atoms with Gasteiger partial charge in [0, 0.05) is 24.6 Å². The van der Waals surface area contributed by atoms with Crippen molar-refractivity contribution in [2.24, 2.45) is 5.92 Å². The largest absolute Gasteiger partial charge is 0.433 e. The number of nitrogens with one attached hydrogen (secondary N) is 1. The van der Waals surface area contributed by atoms with Crippen molar-refractivity contribution in [3.63, 3.8) is 0 Å². The van der Waals surface area contributed by atoms with Gasteiger partial charge in [0.2, 0.25) is 5.92 Å². The molecule has 1 N–H and O–H groups in total. The van der Waals surface area contributed by atoms with Crippen LogP contribution in [0.15, 0.2) is 36.5 Å². The summed E-state index contributed by atoms with van der Waals surface area (Å²) in [5.41, 5.74) is -0.234. The topological polar surface area (TPSA) is 42.0 Å². The molecule has 1 aliphatic carbocycles. The van der Waals surface area contributed by atoms with Gasteiger partial charge in [-0.25, -0.2) is 13.2 Å². The quantitative estimate of drug-likeness (QED) is 0.619. The third kappa shape index (κ3) is 5.12. The van der Waals surface area contributed by atoms with Gasteiger partial charge in [-0.15, -0.1) is 0 Å². The number of amides is 1. The predicted octanol–water partition coefficient (Wildman–Crippen LogP) is 5.84. The lowest BCUT2D eigenvalue weighted by molar-refractivity contribution is -0.141. The van der Waals surface area contributed by atoms with Crippen molar-refractivity contribution in [2.75, 3.05) is 0 Å². The molecule has 0 aliphatic heterocycles. The highest BCUT2D eigenvalue weighted by molar-refractivity contribution is 5.95. The van der Waals surface area contributed by atoms with Crippen LogP contribution in [0, 0.1) is 18.7 Å². The van der Waals surface area contributed by atoms with Crippen LogP contribution in [0.5, 0.6) is 0 Å². The van der Waals surface area contributed by atoms with E-state index in [9.17, 15) is 31.1 Å². The summed E-state index contributed by atoms with van der Waals surface area (Å²) in [5, 5.41) is 2.70. The molecule has 162 valence electrons. The van der Waals surface area contributed by atoms with Gasteiger partial charge in [-0.05, 0) is 55.0 Å². The van der Waals surface area contributed by atoms with E-state index in [2.05, 4.69) is 10.3 Å². The fraction of sp³-hybridized carbons (Fsp3) is 0.429. The molecule has 3 nitrogen and oxygen atoms in total. The molecular weight excluding hydrogens is 410 g/mol. The lowest BCUT2D eigenvalue weighted by atomic mass is 9.79. The number of halogens is 6. The summed E-state index contributed by atoms with van der Waals surface area (Å²) < 4.78 is 79.2. The van der Waals surface area contributed by atoms with E-state index in [1.807, 2.05) is 0 Å². The molecule has 30 heavy (non-hydrogen) atoms. The number of nitrogens with zero attached hydrogens (tertiary/aromatic N) is 1. The first kappa shape index (κ1) is 22.1. The Bertz CT molecular complexity index is 901. The first-order chi connectivity index (χ1) is 14.0. The first-order valence-electron chi connectivity index (χ1n) is 9.44. The number of pyridine rings is 1. The van der Waals surface area contributed by atoms with Crippen LogP contribution in [0.3, 0.4) is 0 Å². The minimum atomic E-state index is -4.62. The van der Waals surface area contributed by atoms with Crippen molar-refractivity contribution >= 4 is 5.91 Å². The molecule has 1 aromatic carbocycles. The van der Waals surface area contributed by atoms with E-state index in [-0.39, 0.29) is 36.8 Å². The Morgan fingerprint density at radius 2 is 1.83 bits per heavy atom. The number of alkyl halides is 5. The Hall–Kier alpha value is -2.58. The van der Waals surface area contributed by atoms with Gasteiger partial charge < -0.3 is 5.32 Å². The summed E-state index contributed by atoms with van der Waals surface area (Å²) >= 11 is 0. The molecule has 1 aliphatic rings. The maximum Gasteiger partial charge on any atom is 0.433 e. The number of benzene rings is 1. The first-order valence-corrected chi connectivity index (χ1v) is 9.44. The van der Waals surface area contributed by atoms with E-state index < -0.39 is 41.5 Å². The second-order valence-corrected chi connectivity index (χ2v) is 7.58. The fourth-order valence-corrected chi connectivity index (χ4v) is 3.68. The Balaban J connectivity index is 1.89. The number of rotatable bonds is 4. The molecule has 1 atom stereocenters. The van der Waals surface area contributed by atoms with Crippen LogP contribution in [0.25, 0.3) is 0 Å². The van der Waals surface area contributed by atoms with E-state index in [0.717, 1.165) is 18.3 Å². The van der Waals surface area contributed by atoms with Crippen LogP contribution >= 0.6 is 0 Å². The monoisotopic (exact) mass is 430 g/mol. The van der Waals surface area contributed by atoms with Crippen molar-refractivity contribution < 1.29 is 31.1 Å². The fourth-order valence-electron chi connectivity index (χ4n) is 3.68. The Morgan fingerprint density at radius 3 is 2.40 bits per heavy atom. The van der Waals surface area contributed by atoms with Crippen molar-refractivity contribution in [1.29, 1.82) is 0 Å². The second-order valence-electron chi connectivity index (χ2n) is 7.58. The van der Waals surface area contributed by atoms with Crippen LogP contribution in [0.4, 0.5) is 26.3 Å². The van der Waals surface area contributed by atoms with E-state index >= 15 is 0 Å². The highest BCUT2D eigenvalue weighted by atomic mass is 19.4. The summed E-state index contributed by atoms with van der Waals surface area (Å²) in [6, 6.07) is 4.84. The molecule has 1 aromatic heterocycles. The summed E-state index contributed by atoms with van der Waals surface area (Å²) in [6.07, 6.45) is -4.21. The third-order valence-corrected chi connectivity index (χ3v) is 5.40. The van der Waals surface area contributed by atoms with Crippen LogP contribution in [-0.2, 0) is 6.18 Å². The minimum absolute atomic E-state index is 0.0704. The molecule has 9 heteroatoms. The molecule has 1 fully saturated rings. The lowest BCUT2D eigenvalue weighted by Gasteiger charge is -2.34. The number of aryl methyl sites for hydroxylation is 1. The molecule has 3 rings (SSSR count). The molecule has 0 saturated heterocycles. The zero-order valence-corrected chi connectivity index (χ0v) is 16.1. The van der Waals surface area contributed by atoms with Gasteiger partial charge in [-0.1, -0.05) is 12.1 Å². The van der Waals surface area contributed by atoms with Crippen molar-refractivity contribution in [3.8, 4) is 0 Å². The van der Waals surface area contributed by atoms with Crippen LogP contribution in [-0.4, -0.2) is 16.8 Å². The molecule has 1 saturated carbocycles. The van der Waals surface area contributed by atoms with E-state index in [4.69, 9.17) is 0 Å². The maximum absolute atomic E-state index is 13.6. The lowest BCUT2D eigenvalue weighted by Crippen LogP contribution is -2.37. The van der Waals surface area contributed by atoms with Gasteiger partial charge in [-0.3, -0.25) is 9.78 Å². The van der Waals surface area contributed by atoms with Crippen LogP contribution in [0.1, 0.15) is 58.9 Å². The summed E-state index contributed by atoms with van der Waals surface area (Å²) in [4.78, 5) is 16.2. The SMILES string of the molecule is Cc1ccc(F)cc1C(=O)NC(c1ccc(C(F)(F)F)nc1)C1CCC(F)(F)CC1. The van der Waals surface area contributed by atoms with Gasteiger partial charge >= 0.3 is 6.18 Å². The van der Waals surface area contributed by atoms with E-state index in [0.29, 0.717) is 5.56 Å². The normalized spacial score (nSPS) is 18.1. The molecule has 0 bridgehead atoms. The smallest absolute Gasteiger partial charge is 0.345 e. The average molecular weight is 430 g/mol. The standard InChI is InChI=1S/C21H20F6N2O/c1-12-2-4-15(22)10-16(12)19(30)29-18(13-6-8-20(23,24)9-7-13)14-3-5-17(28-11-14)21(25,26)27/h2-5,10-11,13,18H,6-9H2,1H3,(H,29,30). The van der Waals surface area contributed by atoms with Gasteiger partial charge in [0.1, 0.15) is 11.5 Å². The van der Waals surface area contributed by atoms with Crippen molar-refractivity contribution in [2.45, 2.75) is 50.7 Å². The summed E-state index contributed by atoms with van der Waals surface area (Å²) in [6.45, 7) is 1.62. The second kappa shape index (κ2) is 8.28. The maximum atomic E-state index is 13.6. The molecule has 1 heterocycles. The summed E-state index contributed by atoms with van der Waals surface area (Å²) in [5.74, 6) is -4.46. The highest BCUT2D eigenvalue weighted by Crippen LogP contribution is 2.41. The zero-order valence-electron chi connectivity index (χ0n) is 16.1. The highest BCUT2D eigenvalue weighted by Gasteiger charge is 2.39. The molecule has 2 aromatic rings. The minimum Gasteiger partial charge on any atom is -0.345 e. The van der Waals surface area contributed by atoms with Crippen molar-refractivity contribution in [1.82, 2.24) is 10.3 Å². The van der Waals surface area contributed by atoms with Gasteiger partial charge in [0.05, 0.1) is 6.04 Å². The number of carbonyl (C=O) groups is 1. The van der Waals surface area contributed by atoms with Crippen LogP contribution < -0.4 is 5.32 Å². The van der Waals surface area contributed by atoms with E-state index in [1.165, 1.54) is 18.2 Å². The molecule has 1 unspecified atom stereocenters. The number of hydrogen-bond acceptors (Lipinski definition) is 2. The molecule has 0 spiro atoms. The Kier molecular flexibility index (Phi) is 6.10. The molecular formula is C21H20F6N2O. The molecule has 0 radical (unpaired) electrons. The number of hydrogen-bond donors (Lipinski definition) is 1. The zero-order chi connectivity index (χ0) is 22.1. The summed E-state index contributed by atoms with van der Waals surface area (Å²) in [7, 11) is 0. The Morgan fingerprint density at radius 1 is 1.17 bits per heavy atom. The Labute approximate surface area is 169 Å². The molecule has 1 amide bonds. The predicted molar refractivity (Wildman–Crippen MR) is 97.5 cm³/mol. The van der Waals surface area contributed by atoms with Gasteiger partial charge in [0.25, 0.3) is 5.91 Å². The van der Waals surface area contributed by atoms with Crippen LogP contribution in [0.2, 0.25) is 0 Å². The van der Waals surface area contributed by atoms with Gasteiger partial charge in [0.15, 0.2) is 0 Å². The van der Waals surface area contributed by atoms with Crippen molar-refractivity contribution in [3.05, 3.63) is 64.7 Å². The van der Waals surface area contributed by atoms with Gasteiger partial charge in [-0.2, -0.15) is 13.2 Å². The average Bonchev–Trinajstić information content (AvgIpc) is 2.67. The number of aromatic nitrogens is 1. The number of carbonyl (C=O) groups excluding carboxylic acids is 1. The van der Waals surface area contributed by atoms with E-state index in [1.54, 1.807) is 6.92 Å². The third-order valence-electron chi connectivity index (χ3n) is 5.40.